The summed E-state index contributed by atoms with van der Waals surface area (Å²) in [5, 5.41) is 13.5. The average Bonchev–Trinajstić information content (AvgIpc) is 3.02. The van der Waals surface area contributed by atoms with Crippen LogP contribution in [0.2, 0.25) is 0 Å². The minimum atomic E-state index is -0.513. The van der Waals surface area contributed by atoms with E-state index in [0.29, 0.717) is 23.9 Å². The molecule has 150 valence electrons. The number of primary amides is 1. The molecule has 0 aliphatic heterocycles. The molecular formula is C17H28N6O3S. The largest absolute Gasteiger partial charge is 0.370 e. The fourth-order valence-corrected chi connectivity index (χ4v) is 3.97. The maximum Gasteiger partial charge on any atom is 0.321 e. The second-order valence-corrected chi connectivity index (χ2v) is 7.98. The van der Waals surface area contributed by atoms with Crippen LogP contribution in [0.15, 0.2) is 5.16 Å². The number of hydrogen-bond donors (Lipinski definition) is 3. The summed E-state index contributed by atoms with van der Waals surface area (Å²) in [4.78, 5) is 35.3. The molecule has 1 aromatic heterocycles. The van der Waals surface area contributed by atoms with E-state index >= 15 is 0 Å². The summed E-state index contributed by atoms with van der Waals surface area (Å²) in [7, 11) is 0. The highest BCUT2D eigenvalue weighted by Crippen LogP contribution is 2.23. The Morgan fingerprint density at radius 1 is 1.26 bits per heavy atom. The summed E-state index contributed by atoms with van der Waals surface area (Å²) in [6, 6.07) is -0.302. The lowest BCUT2D eigenvalue weighted by Crippen LogP contribution is -2.47. The zero-order valence-corrected chi connectivity index (χ0v) is 16.7. The number of nitrogens with two attached hydrogens (primary N) is 1. The first-order valence-corrected chi connectivity index (χ1v) is 10.3. The first-order chi connectivity index (χ1) is 12.9. The normalized spacial score (nSPS) is 15.9. The minimum absolute atomic E-state index is 0.144. The van der Waals surface area contributed by atoms with E-state index in [-0.39, 0.29) is 18.4 Å². The molecule has 1 aromatic rings. The van der Waals surface area contributed by atoms with Crippen LogP contribution in [0.5, 0.6) is 0 Å². The number of imide groups is 1. The molecule has 0 saturated heterocycles. The van der Waals surface area contributed by atoms with Crippen molar-refractivity contribution in [3.63, 3.8) is 0 Å². The van der Waals surface area contributed by atoms with Crippen LogP contribution in [0.4, 0.5) is 4.79 Å². The minimum Gasteiger partial charge on any atom is -0.370 e. The second-order valence-electron chi connectivity index (χ2n) is 6.67. The summed E-state index contributed by atoms with van der Waals surface area (Å²) in [6.07, 6.45) is 5.93. The smallest absolute Gasteiger partial charge is 0.321 e. The number of hydrogen-bond acceptors (Lipinski definition) is 6. The van der Waals surface area contributed by atoms with Crippen molar-refractivity contribution in [2.24, 2.45) is 5.73 Å². The number of urea groups is 1. The van der Waals surface area contributed by atoms with Gasteiger partial charge >= 0.3 is 6.03 Å². The Bertz CT molecular complexity index is 672. The maximum absolute atomic E-state index is 12.3. The molecule has 27 heavy (non-hydrogen) atoms. The van der Waals surface area contributed by atoms with Crippen molar-refractivity contribution in [2.45, 2.75) is 81.8 Å². The van der Waals surface area contributed by atoms with Gasteiger partial charge in [-0.2, -0.15) is 0 Å². The van der Waals surface area contributed by atoms with Gasteiger partial charge in [0, 0.05) is 25.4 Å². The number of thioether (sulfide) groups is 1. The predicted octanol–water partition coefficient (Wildman–Crippen LogP) is 1.36. The van der Waals surface area contributed by atoms with Crippen LogP contribution in [-0.2, 0) is 22.6 Å². The van der Waals surface area contributed by atoms with Gasteiger partial charge in [0.15, 0.2) is 5.16 Å². The van der Waals surface area contributed by atoms with Crippen LogP contribution in [-0.4, -0.2) is 43.9 Å². The van der Waals surface area contributed by atoms with E-state index in [1.165, 1.54) is 18.2 Å². The van der Waals surface area contributed by atoms with Crippen molar-refractivity contribution in [2.75, 3.05) is 0 Å². The monoisotopic (exact) mass is 396 g/mol. The van der Waals surface area contributed by atoms with Crippen LogP contribution in [0.3, 0.4) is 0 Å². The molecule has 4 amide bonds. The van der Waals surface area contributed by atoms with Crippen LogP contribution in [0.1, 0.15) is 58.2 Å². The van der Waals surface area contributed by atoms with Crippen LogP contribution >= 0.6 is 11.8 Å². The van der Waals surface area contributed by atoms with Crippen molar-refractivity contribution < 1.29 is 14.4 Å². The lowest BCUT2D eigenvalue weighted by atomic mass is 9.96. The van der Waals surface area contributed by atoms with E-state index in [1.54, 1.807) is 6.92 Å². The van der Waals surface area contributed by atoms with Crippen LogP contribution in [0.25, 0.3) is 0 Å². The van der Waals surface area contributed by atoms with Crippen molar-refractivity contribution in [1.29, 1.82) is 0 Å². The first-order valence-electron chi connectivity index (χ1n) is 9.39. The molecule has 1 atom stereocenters. The molecule has 4 N–H and O–H groups in total. The number of amides is 4. The number of aromatic nitrogens is 3. The Kier molecular flexibility index (Phi) is 8.08. The third kappa shape index (κ3) is 6.53. The van der Waals surface area contributed by atoms with Crippen molar-refractivity contribution in [3.05, 3.63) is 5.82 Å². The third-order valence-electron chi connectivity index (χ3n) is 4.53. The van der Waals surface area contributed by atoms with Gasteiger partial charge in [-0.25, -0.2) is 4.79 Å². The third-order valence-corrected chi connectivity index (χ3v) is 5.61. The molecule has 1 aliphatic rings. The maximum atomic E-state index is 12.3. The lowest BCUT2D eigenvalue weighted by molar-refractivity contribution is -0.119. The summed E-state index contributed by atoms with van der Waals surface area (Å²) >= 11 is 1.23. The molecule has 0 unspecified atom stereocenters. The zero-order chi connectivity index (χ0) is 19.8. The summed E-state index contributed by atoms with van der Waals surface area (Å²) in [5.41, 5.74) is 5.18. The van der Waals surface area contributed by atoms with Crippen molar-refractivity contribution >= 4 is 29.6 Å². The highest BCUT2D eigenvalue weighted by atomic mass is 32.2. The number of rotatable bonds is 8. The van der Waals surface area contributed by atoms with Crippen LogP contribution in [0, 0.1) is 0 Å². The van der Waals surface area contributed by atoms with Crippen molar-refractivity contribution in [1.82, 2.24) is 25.4 Å². The predicted molar refractivity (Wildman–Crippen MR) is 102 cm³/mol. The number of carbonyl (C=O) groups excluding carboxylic acids is 3. The number of carbonyl (C=O) groups is 3. The van der Waals surface area contributed by atoms with Gasteiger partial charge in [0.2, 0.25) is 11.8 Å². The molecule has 9 nitrogen and oxygen atoms in total. The Morgan fingerprint density at radius 2 is 1.96 bits per heavy atom. The molecule has 1 saturated carbocycles. The molecule has 0 spiro atoms. The van der Waals surface area contributed by atoms with Gasteiger partial charge in [0.1, 0.15) is 5.82 Å². The summed E-state index contributed by atoms with van der Waals surface area (Å²) < 4.78 is 1.85. The summed E-state index contributed by atoms with van der Waals surface area (Å²) in [6.45, 7) is 4.26. The number of nitrogens with one attached hydrogen (secondary N) is 2. The second kappa shape index (κ2) is 10.3. The molecule has 0 aromatic carbocycles. The molecule has 1 heterocycles. The zero-order valence-electron chi connectivity index (χ0n) is 15.9. The Balaban J connectivity index is 1.87. The standard InChI is InChI=1S/C17H28N6O3S/c1-3-23-14(10-9-13(18)24)21-22-17(23)27-11(2)15(25)20-16(26)19-12-7-5-4-6-8-12/h11-12H,3-10H2,1-2H3,(H2,18,24)(H2,19,20,25,26)/t11-/m1/s1. The molecule has 10 heteroatoms. The molecular weight excluding hydrogens is 368 g/mol. The van der Waals surface area contributed by atoms with Gasteiger partial charge in [-0.15, -0.1) is 10.2 Å². The SMILES string of the molecule is CCn1c(CCC(N)=O)nnc1S[C@H](C)C(=O)NC(=O)NC1CCCCC1. The summed E-state index contributed by atoms with van der Waals surface area (Å²) in [5.74, 6) is -0.120. The fourth-order valence-electron chi connectivity index (χ4n) is 3.04. The molecule has 2 rings (SSSR count). The highest BCUT2D eigenvalue weighted by Gasteiger charge is 2.23. The van der Waals surface area contributed by atoms with E-state index in [9.17, 15) is 14.4 Å². The van der Waals surface area contributed by atoms with Gasteiger partial charge in [0.05, 0.1) is 5.25 Å². The lowest BCUT2D eigenvalue weighted by Gasteiger charge is -2.23. The average molecular weight is 397 g/mol. The topological polar surface area (TPSA) is 132 Å². The Hall–Kier alpha value is -2.10. The fraction of sp³-hybridized carbons (Fsp3) is 0.706. The highest BCUT2D eigenvalue weighted by molar-refractivity contribution is 8.00. The van der Waals surface area contributed by atoms with E-state index in [4.69, 9.17) is 5.73 Å². The Labute approximate surface area is 163 Å². The van der Waals surface area contributed by atoms with Gasteiger partial charge in [-0.1, -0.05) is 31.0 Å². The molecule has 0 bridgehead atoms. The quantitative estimate of drug-likeness (QED) is 0.568. The van der Waals surface area contributed by atoms with E-state index in [1.807, 2.05) is 11.5 Å². The van der Waals surface area contributed by atoms with E-state index in [2.05, 4.69) is 20.8 Å². The first kappa shape index (κ1) is 21.2. The number of aryl methyl sites for hydroxylation is 1. The van der Waals surface area contributed by atoms with Gasteiger partial charge in [0.25, 0.3) is 0 Å². The van der Waals surface area contributed by atoms with E-state index < -0.39 is 17.2 Å². The Morgan fingerprint density at radius 3 is 2.59 bits per heavy atom. The molecule has 1 aliphatic carbocycles. The van der Waals surface area contributed by atoms with Gasteiger partial charge < -0.3 is 15.6 Å². The molecule has 0 radical (unpaired) electrons. The van der Waals surface area contributed by atoms with Gasteiger partial charge in [-0.05, 0) is 26.7 Å². The molecule has 1 fully saturated rings. The van der Waals surface area contributed by atoms with Gasteiger partial charge in [-0.3, -0.25) is 14.9 Å². The van der Waals surface area contributed by atoms with Crippen molar-refractivity contribution in [3.8, 4) is 0 Å². The van der Waals surface area contributed by atoms with E-state index in [0.717, 1.165) is 25.7 Å². The van der Waals surface area contributed by atoms with Crippen LogP contribution < -0.4 is 16.4 Å². The number of nitrogens with zero attached hydrogens (tertiary/aromatic N) is 3.